The van der Waals surface area contributed by atoms with E-state index in [1.165, 1.54) is 16.4 Å². The summed E-state index contributed by atoms with van der Waals surface area (Å²) in [5.74, 6) is 0.0758. The highest BCUT2D eigenvalue weighted by molar-refractivity contribution is 7.89. The molecule has 2 aromatic heterocycles. The summed E-state index contributed by atoms with van der Waals surface area (Å²) in [5.41, 5.74) is 1.64. The van der Waals surface area contributed by atoms with Crippen LogP contribution in [0.4, 0.5) is 0 Å². The Kier molecular flexibility index (Phi) is 6.84. The van der Waals surface area contributed by atoms with Crippen molar-refractivity contribution in [3.8, 4) is 5.75 Å². The summed E-state index contributed by atoms with van der Waals surface area (Å²) in [6, 6.07) is 15.6. The third-order valence-corrected chi connectivity index (χ3v) is 6.61. The number of hydrogen-bond acceptors (Lipinski definition) is 7. The Labute approximate surface area is 186 Å². The first kappa shape index (κ1) is 22.0. The minimum atomic E-state index is -3.79. The van der Waals surface area contributed by atoms with Gasteiger partial charge in [0.1, 0.15) is 12.4 Å². The fourth-order valence-electron chi connectivity index (χ4n) is 3.15. The Morgan fingerprint density at radius 3 is 2.72 bits per heavy atom. The van der Waals surface area contributed by atoms with E-state index in [1.54, 1.807) is 6.20 Å². The van der Waals surface area contributed by atoms with E-state index >= 15 is 0 Å². The minimum Gasteiger partial charge on any atom is -0.487 e. The Hall–Kier alpha value is -3.21. The van der Waals surface area contributed by atoms with Crippen LogP contribution in [0.2, 0.25) is 0 Å². The summed E-state index contributed by atoms with van der Waals surface area (Å²) in [5, 5.41) is 2.48. The normalized spacial score (nSPS) is 14.8. The van der Waals surface area contributed by atoms with Crippen molar-refractivity contribution in [1.82, 2.24) is 14.6 Å². The second-order valence-electron chi connectivity index (χ2n) is 7.07. The van der Waals surface area contributed by atoms with E-state index in [2.05, 4.69) is 10.3 Å². The van der Waals surface area contributed by atoms with Crippen molar-refractivity contribution < 1.29 is 27.1 Å². The van der Waals surface area contributed by atoms with Gasteiger partial charge in [0.2, 0.25) is 5.09 Å². The lowest BCUT2D eigenvalue weighted by atomic mass is 10.2. The number of nitrogens with zero attached hydrogens (tertiary/aromatic N) is 2. The molecule has 0 atom stereocenters. The second-order valence-corrected chi connectivity index (χ2v) is 8.94. The van der Waals surface area contributed by atoms with Crippen molar-refractivity contribution in [2.24, 2.45) is 0 Å². The van der Waals surface area contributed by atoms with Crippen LogP contribution in [-0.4, -0.2) is 49.9 Å². The Balaban J connectivity index is 1.34. The predicted octanol–water partition coefficient (Wildman–Crippen LogP) is 2.20. The molecular formula is C22H23N3O6S. The highest BCUT2D eigenvalue weighted by Gasteiger charge is 2.30. The molecule has 10 heteroatoms. The summed E-state index contributed by atoms with van der Waals surface area (Å²) in [4.78, 5) is 16.7. The lowest BCUT2D eigenvalue weighted by Crippen LogP contribution is -2.40. The number of hydrogen-bond donors (Lipinski definition) is 1. The fourth-order valence-corrected chi connectivity index (χ4v) is 4.47. The van der Waals surface area contributed by atoms with E-state index in [4.69, 9.17) is 13.9 Å². The number of pyridine rings is 1. The summed E-state index contributed by atoms with van der Waals surface area (Å²) >= 11 is 0. The number of amides is 1. The molecule has 0 radical (unpaired) electrons. The minimum absolute atomic E-state index is 0.0700. The molecule has 3 aromatic rings. The van der Waals surface area contributed by atoms with Gasteiger partial charge >= 0.3 is 0 Å². The number of carbonyl (C=O) groups is 1. The SMILES string of the molecule is O=C(NCc1cccc(OCc2ccccn2)c1)c1ccc(S(=O)(=O)N2CCOCC2)o1. The summed E-state index contributed by atoms with van der Waals surface area (Å²) in [7, 11) is -3.79. The van der Waals surface area contributed by atoms with Gasteiger partial charge in [0.25, 0.3) is 15.9 Å². The molecule has 1 amide bonds. The van der Waals surface area contributed by atoms with Crippen LogP contribution >= 0.6 is 0 Å². The smallest absolute Gasteiger partial charge is 0.287 e. The largest absolute Gasteiger partial charge is 0.487 e. The third kappa shape index (κ3) is 5.34. The van der Waals surface area contributed by atoms with Gasteiger partial charge in [-0.3, -0.25) is 9.78 Å². The zero-order valence-corrected chi connectivity index (χ0v) is 18.1. The number of sulfonamides is 1. The number of benzene rings is 1. The molecule has 0 saturated carbocycles. The molecular weight excluding hydrogens is 434 g/mol. The molecule has 1 saturated heterocycles. The Morgan fingerprint density at radius 2 is 1.94 bits per heavy atom. The molecule has 0 unspecified atom stereocenters. The van der Waals surface area contributed by atoms with Gasteiger partial charge in [-0.2, -0.15) is 4.31 Å². The van der Waals surface area contributed by atoms with Crippen LogP contribution in [0.3, 0.4) is 0 Å². The molecule has 168 valence electrons. The lowest BCUT2D eigenvalue weighted by molar-refractivity contribution is 0.0722. The lowest BCUT2D eigenvalue weighted by Gasteiger charge is -2.24. The highest BCUT2D eigenvalue weighted by atomic mass is 32.2. The van der Waals surface area contributed by atoms with Crippen molar-refractivity contribution in [3.05, 3.63) is 77.8 Å². The van der Waals surface area contributed by atoms with Crippen LogP contribution in [0, 0.1) is 0 Å². The van der Waals surface area contributed by atoms with Crippen molar-refractivity contribution in [2.75, 3.05) is 26.3 Å². The van der Waals surface area contributed by atoms with Gasteiger partial charge in [0, 0.05) is 25.8 Å². The van der Waals surface area contributed by atoms with Crippen molar-refractivity contribution in [1.29, 1.82) is 0 Å². The molecule has 1 aliphatic rings. The molecule has 4 rings (SSSR count). The van der Waals surface area contributed by atoms with Gasteiger partial charge in [-0.1, -0.05) is 18.2 Å². The van der Waals surface area contributed by atoms with E-state index in [1.807, 2.05) is 42.5 Å². The molecule has 0 spiro atoms. The zero-order valence-electron chi connectivity index (χ0n) is 17.3. The number of furan rings is 1. The number of nitrogens with one attached hydrogen (secondary N) is 1. The van der Waals surface area contributed by atoms with Crippen molar-refractivity contribution >= 4 is 15.9 Å². The Bertz CT molecular complexity index is 1160. The average Bonchev–Trinajstić information content (AvgIpc) is 3.34. The zero-order chi connectivity index (χ0) is 22.4. The monoisotopic (exact) mass is 457 g/mol. The quantitative estimate of drug-likeness (QED) is 0.552. The maximum absolute atomic E-state index is 12.6. The second kappa shape index (κ2) is 9.94. The number of carbonyl (C=O) groups excluding carboxylic acids is 1. The van der Waals surface area contributed by atoms with Gasteiger partial charge in [0.15, 0.2) is 5.76 Å². The third-order valence-electron chi connectivity index (χ3n) is 4.83. The number of aromatic nitrogens is 1. The maximum atomic E-state index is 12.6. The van der Waals surface area contributed by atoms with E-state index in [9.17, 15) is 13.2 Å². The summed E-state index contributed by atoms with van der Waals surface area (Å²) < 4.78 is 42.8. The van der Waals surface area contributed by atoms with Crippen LogP contribution in [0.5, 0.6) is 5.75 Å². The van der Waals surface area contributed by atoms with Gasteiger partial charge in [0.05, 0.1) is 18.9 Å². The van der Waals surface area contributed by atoms with Gasteiger partial charge < -0.3 is 19.2 Å². The van der Waals surface area contributed by atoms with Crippen molar-refractivity contribution in [3.63, 3.8) is 0 Å². The van der Waals surface area contributed by atoms with Crippen LogP contribution in [-0.2, 0) is 27.9 Å². The topological polar surface area (TPSA) is 111 Å². The first-order valence-corrected chi connectivity index (χ1v) is 11.5. The molecule has 0 bridgehead atoms. The van der Waals surface area contributed by atoms with E-state index in [0.717, 1.165) is 11.3 Å². The highest BCUT2D eigenvalue weighted by Crippen LogP contribution is 2.20. The molecule has 9 nitrogen and oxygen atoms in total. The molecule has 0 aliphatic carbocycles. The van der Waals surface area contributed by atoms with Crippen LogP contribution in [0.1, 0.15) is 21.8 Å². The maximum Gasteiger partial charge on any atom is 0.287 e. The molecule has 1 aliphatic heterocycles. The number of ether oxygens (including phenoxy) is 2. The van der Waals surface area contributed by atoms with Crippen LogP contribution in [0.15, 0.2) is 70.3 Å². The summed E-state index contributed by atoms with van der Waals surface area (Å²) in [6.07, 6.45) is 1.71. The van der Waals surface area contributed by atoms with Crippen LogP contribution in [0.25, 0.3) is 0 Å². The first-order valence-electron chi connectivity index (χ1n) is 10.1. The number of morpholine rings is 1. The standard InChI is InChI=1S/C22H23N3O6S/c26-22(20-7-8-21(31-20)32(27,28)25-10-12-29-13-11-25)24-15-17-4-3-6-19(14-17)30-16-18-5-1-2-9-23-18/h1-9,14H,10-13,15-16H2,(H,24,26). The Morgan fingerprint density at radius 1 is 1.09 bits per heavy atom. The molecule has 1 fully saturated rings. The molecule has 32 heavy (non-hydrogen) atoms. The summed E-state index contributed by atoms with van der Waals surface area (Å²) in [6.45, 7) is 1.73. The van der Waals surface area contributed by atoms with E-state index < -0.39 is 15.9 Å². The van der Waals surface area contributed by atoms with Gasteiger partial charge in [-0.25, -0.2) is 8.42 Å². The van der Waals surface area contributed by atoms with Gasteiger partial charge in [-0.15, -0.1) is 0 Å². The van der Waals surface area contributed by atoms with E-state index in [0.29, 0.717) is 25.6 Å². The van der Waals surface area contributed by atoms with Crippen LogP contribution < -0.4 is 10.1 Å². The first-order chi connectivity index (χ1) is 15.5. The molecule has 1 aromatic carbocycles. The number of rotatable bonds is 8. The van der Waals surface area contributed by atoms with Crippen molar-refractivity contribution in [2.45, 2.75) is 18.2 Å². The van der Waals surface area contributed by atoms with E-state index in [-0.39, 0.29) is 30.5 Å². The average molecular weight is 458 g/mol. The van der Waals surface area contributed by atoms with Gasteiger partial charge in [-0.05, 0) is 42.0 Å². The molecule has 3 heterocycles. The predicted molar refractivity (Wildman–Crippen MR) is 114 cm³/mol. The fraction of sp³-hybridized carbons (Fsp3) is 0.273. The molecule has 1 N–H and O–H groups in total.